The molecule has 0 radical (unpaired) electrons. The smallest absolute Gasteiger partial charge is 0.478 e. The van der Waals surface area contributed by atoms with Crippen LogP contribution in [0.4, 0.5) is 33.3 Å². The first-order chi connectivity index (χ1) is 19.2. The van der Waals surface area contributed by atoms with Crippen molar-refractivity contribution < 1.29 is 50.2 Å². The van der Waals surface area contributed by atoms with Gasteiger partial charge in [-0.15, -0.1) is 0 Å². The Morgan fingerprint density at radius 3 is 2.10 bits per heavy atom. The summed E-state index contributed by atoms with van der Waals surface area (Å²) < 4.78 is 87.5. The molecule has 0 atom stereocenters. The number of anilines is 2. The van der Waals surface area contributed by atoms with Gasteiger partial charge in [-0.25, -0.2) is 26.8 Å². The fourth-order valence-corrected chi connectivity index (χ4v) is 5.39. The predicted octanol–water partition coefficient (Wildman–Crippen LogP) is 5.56. The molecule has 3 N–H and O–H groups in total. The number of rotatable bonds is 7. The molecule has 220 valence electrons. The van der Waals surface area contributed by atoms with E-state index >= 15 is 0 Å². The Balaban J connectivity index is 0.000000587. The molecule has 0 aliphatic carbocycles. The number of sulfonamides is 1. The highest BCUT2D eigenvalue weighted by Crippen LogP contribution is 2.34. The van der Waals surface area contributed by atoms with Gasteiger partial charge in [0.15, 0.2) is 0 Å². The number of nitrogens with zero attached hydrogens (tertiary/aromatic N) is 1. The van der Waals surface area contributed by atoms with Gasteiger partial charge >= 0.3 is 18.1 Å². The number of alkyl halides is 3. The maximum Gasteiger partial charge on any atom is 0.490 e. The Labute approximate surface area is 232 Å². The summed E-state index contributed by atoms with van der Waals surface area (Å²) in [5.74, 6) is -5.52. The molecule has 1 aliphatic rings. The van der Waals surface area contributed by atoms with E-state index in [9.17, 15) is 40.3 Å². The second kappa shape index (κ2) is 13.0. The van der Waals surface area contributed by atoms with Gasteiger partial charge in [0, 0.05) is 13.1 Å². The van der Waals surface area contributed by atoms with E-state index < -0.39 is 44.7 Å². The Morgan fingerprint density at radius 2 is 1.54 bits per heavy atom. The van der Waals surface area contributed by atoms with Crippen LogP contribution >= 0.6 is 0 Å². The van der Waals surface area contributed by atoms with Crippen molar-refractivity contribution in [2.75, 3.05) is 22.7 Å². The average Bonchev–Trinajstić information content (AvgIpc) is 2.90. The van der Waals surface area contributed by atoms with Crippen LogP contribution < -0.4 is 9.62 Å². The summed E-state index contributed by atoms with van der Waals surface area (Å²) in [6.45, 7) is 1.29. The summed E-state index contributed by atoms with van der Waals surface area (Å²) in [4.78, 5) is 21.5. The van der Waals surface area contributed by atoms with Crippen molar-refractivity contribution >= 4 is 33.3 Å². The molecule has 1 saturated heterocycles. The minimum absolute atomic E-state index is 0.00469. The first-order valence-electron chi connectivity index (χ1n) is 12.1. The van der Waals surface area contributed by atoms with E-state index in [1.54, 1.807) is 6.07 Å². The first-order valence-corrected chi connectivity index (χ1v) is 13.6. The van der Waals surface area contributed by atoms with E-state index in [-0.39, 0.29) is 11.3 Å². The molecule has 0 bridgehead atoms. The van der Waals surface area contributed by atoms with Gasteiger partial charge in [-0.3, -0.25) is 4.72 Å². The van der Waals surface area contributed by atoms with Crippen LogP contribution in [0, 0.1) is 17.6 Å². The van der Waals surface area contributed by atoms with Crippen LogP contribution in [0.15, 0.2) is 71.6 Å². The van der Waals surface area contributed by atoms with Crippen LogP contribution in [0.2, 0.25) is 0 Å². The lowest BCUT2D eigenvalue weighted by molar-refractivity contribution is -0.192. The number of hydrogen-bond donors (Lipinski definition) is 3. The molecule has 1 aliphatic heterocycles. The molecule has 14 heteroatoms. The lowest BCUT2D eigenvalue weighted by Gasteiger charge is -2.35. The summed E-state index contributed by atoms with van der Waals surface area (Å²) in [6, 6.07) is 16.5. The van der Waals surface area contributed by atoms with Crippen LogP contribution in [-0.4, -0.2) is 49.8 Å². The zero-order chi connectivity index (χ0) is 30.4. The van der Waals surface area contributed by atoms with Crippen LogP contribution in [0.25, 0.3) is 0 Å². The van der Waals surface area contributed by atoms with Crippen LogP contribution in [0.1, 0.15) is 28.8 Å². The van der Waals surface area contributed by atoms with E-state index in [1.807, 2.05) is 23.1 Å². The van der Waals surface area contributed by atoms with Gasteiger partial charge in [-0.1, -0.05) is 30.3 Å². The molecule has 0 spiro atoms. The minimum Gasteiger partial charge on any atom is -0.478 e. The topological polar surface area (TPSA) is 124 Å². The van der Waals surface area contributed by atoms with Gasteiger partial charge in [0.2, 0.25) is 0 Å². The minimum atomic E-state index is -5.08. The van der Waals surface area contributed by atoms with Gasteiger partial charge < -0.3 is 15.1 Å². The van der Waals surface area contributed by atoms with E-state index in [4.69, 9.17) is 9.90 Å². The quantitative estimate of drug-likeness (QED) is 0.304. The molecule has 41 heavy (non-hydrogen) atoms. The number of aromatic carboxylic acids is 1. The van der Waals surface area contributed by atoms with Crippen molar-refractivity contribution in [1.29, 1.82) is 0 Å². The highest BCUT2D eigenvalue weighted by molar-refractivity contribution is 7.92. The third-order valence-corrected chi connectivity index (χ3v) is 7.62. The predicted molar refractivity (Wildman–Crippen MR) is 139 cm³/mol. The van der Waals surface area contributed by atoms with Crippen molar-refractivity contribution in [2.24, 2.45) is 5.92 Å². The van der Waals surface area contributed by atoms with Crippen molar-refractivity contribution in [3.8, 4) is 0 Å². The fraction of sp³-hybridized carbons (Fsp3) is 0.259. The van der Waals surface area contributed by atoms with Gasteiger partial charge in [-0.2, -0.15) is 13.2 Å². The lowest BCUT2D eigenvalue weighted by atomic mass is 9.90. The highest BCUT2D eigenvalue weighted by Gasteiger charge is 2.38. The molecule has 3 aromatic rings. The zero-order valence-electron chi connectivity index (χ0n) is 21.2. The van der Waals surface area contributed by atoms with Crippen molar-refractivity contribution in [3.05, 3.63) is 89.5 Å². The molecule has 0 unspecified atom stereocenters. The molecule has 1 heterocycles. The molecule has 8 nitrogen and oxygen atoms in total. The molecule has 1 fully saturated rings. The molecule has 3 aromatic carbocycles. The standard InChI is InChI=1S/C25H24F2N2O4S.C2HF3O2/c26-20-7-8-21(27)24(16-20)34(32,33)28-22-15-19(25(30)31)6-9-23(22)29-12-10-18(11-13-29)14-17-4-2-1-3-5-17;3-2(4,5)1(6)7/h1-9,15-16,18,28H,10-14H2,(H,30,31);(H,6,7). The maximum atomic E-state index is 14.2. The van der Waals surface area contributed by atoms with Gasteiger partial charge in [0.25, 0.3) is 10.0 Å². The Morgan fingerprint density at radius 1 is 0.927 bits per heavy atom. The number of piperidine rings is 1. The van der Waals surface area contributed by atoms with Crippen LogP contribution in [-0.2, 0) is 21.2 Å². The number of nitrogens with one attached hydrogen (secondary N) is 1. The number of carboxylic acids is 2. The number of halogens is 5. The summed E-state index contributed by atoms with van der Waals surface area (Å²) in [5.41, 5.74) is 1.63. The van der Waals surface area contributed by atoms with Gasteiger partial charge in [-0.05, 0) is 67.1 Å². The Bertz CT molecular complexity index is 1490. The van der Waals surface area contributed by atoms with Crippen molar-refractivity contribution in [3.63, 3.8) is 0 Å². The molecule has 0 saturated carbocycles. The number of carbonyl (C=O) groups is 2. The number of benzene rings is 3. The number of hydrogen-bond acceptors (Lipinski definition) is 5. The fourth-order valence-electron chi connectivity index (χ4n) is 4.23. The van der Waals surface area contributed by atoms with E-state index in [0.717, 1.165) is 31.4 Å². The normalized spacial score (nSPS) is 14.1. The number of carboxylic acid groups (broad SMARTS) is 2. The van der Waals surface area contributed by atoms with Gasteiger partial charge in [0.05, 0.1) is 16.9 Å². The molecule has 0 aromatic heterocycles. The summed E-state index contributed by atoms with van der Waals surface area (Å²) in [5, 5.41) is 16.5. The number of aliphatic carboxylic acids is 1. The third-order valence-electron chi connectivity index (χ3n) is 6.24. The maximum absolute atomic E-state index is 14.2. The highest BCUT2D eigenvalue weighted by atomic mass is 32.2. The van der Waals surface area contributed by atoms with E-state index in [2.05, 4.69) is 16.9 Å². The average molecular weight is 601 g/mol. The first kappa shape index (κ1) is 31.3. The third kappa shape index (κ3) is 8.64. The van der Waals surface area contributed by atoms with Crippen molar-refractivity contribution in [1.82, 2.24) is 0 Å². The van der Waals surface area contributed by atoms with E-state index in [1.165, 1.54) is 17.7 Å². The summed E-state index contributed by atoms with van der Waals surface area (Å²) in [7, 11) is -4.51. The summed E-state index contributed by atoms with van der Waals surface area (Å²) in [6.07, 6.45) is -2.38. The summed E-state index contributed by atoms with van der Waals surface area (Å²) >= 11 is 0. The lowest BCUT2D eigenvalue weighted by Crippen LogP contribution is -2.35. The second-order valence-corrected chi connectivity index (χ2v) is 10.8. The second-order valence-electron chi connectivity index (χ2n) is 9.14. The van der Waals surface area contributed by atoms with Gasteiger partial charge in [0.1, 0.15) is 16.5 Å². The molecular weight excluding hydrogens is 575 g/mol. The largest absolute Gasteiger partial charge is 0.490 e. The monoisotopic (exact) mass is 600 g/mol. The molecule has 4 rings (SSSR count). The Kier molecular flexibility index (Phi) is 9.92. The van der Waals surface area contributed by atoms with Crippen LogP contribution in [0.3, 0.4) is 0 Å². The van der Waals surface area contributed by atoms with E-state index in [0.29, 0.717) is 30.8 Å². The SMILES string of the molecule is O=C(O)C(F)(F)F.O=C(O)c1ccc(N2CCC(Cc3ccccc3)CC2)c(NS(=O)(=O)c2cc(F)ccc2F)c1. The molecular formula is C27H25F5N2O6S. The molecule has 0 amide bonds. The zero-order valence-corrected chi connectivity index (χ0v) is 22.1. The van der Waals surface area contributed by atoms with Crippen molar-refractivity contribution in [2.45, 2.75) is 30.3 Å². The van der Waals surface area contributed by atoms with Crippen LogP contribution in [0.5, 0.6) is 0 Å². The Hall–Kier alpha value is -4.20.